The summed E-state index contributed by atoms with van der Waals surface area (Å²) >= 11 is 0. The molecular formula is C13H25N5. The molecule has 0 spiro atoms. The lowest BCUT2D eigenvalue weighted by Gasteiger charge is -2.31. The zero-order valence-electron chi connectivity index (χ0n) is 11.6. The maximum absolute atomic E-state index is 4.23. The van der Waals surface area contributed by atoms with Gasteiger partial charge in [0, 0.05) is 0 Å². The second kappa shape index (κ2) is 6.83. The van der Waals surface area contributed by atoms with Crippen molar-refractivity contribution >= 4 is 0 Å². The van der Waals surface area contributed by atoms with Crippen molar-refractivity contribution in [3.8, 4) is 0 Å². The van der Waals surface area contributed by atoms with E-state index in [1.807, 2.05) is 0 Å². The molecule has 2 unspecified atom stereocenters. The van der Waals surface area contributed by atoms with Crippen molar-refractivity contribution in [1.82, 2.24) is 25.5 Å². The molecule has 1 aromatic rings. The average molecular weight is 251 g/mol. The van der Waals surface area contributed by atoms with Gasteiger partial charge in [0.2, 0.25) is 0 Å². The Labute approximate surface area is 109 Å². The van der Waals surface area contributed by atoms with Crippen LogP contribution in [0.1, 0.15) is 64.2 Å². The molecule has 1 aliphatic rings. The first-order chi connectivity index (χ1) is 8.86. The zero-order chi connectivity index (χ0) is 12.8. The van der Waals surface area contributed by atoms with Crippen LogP contribution >= 0.6 is 0 Å². The highest BCUT2D eigenvalue weighted by Crippen LogP contribution is 2.35. The Kier molecular flexibility index (Phi) is 5.11. The summed E-state index contributed by atoms with van der Waals surface area (Å²) < 4.78 is 2.08. The number of hydrogen-bond donors (Lipinski definition) is 1. The smallest absolute Gasteiger partial charge is 0.165 e. The van der Waals surface area contributed by atoms with Gasteiger partial charge in [-0.05, 0) is 42.2 Å². The van der Waals surface area contributed by atoms with Crippen LogP contribution in [-0.4, -0.2) is 26.8 Å². The van der Waals surface area contributed by atoms with Gasteiger partial charge in [0.05, 0.1) is 12.6 Å². The van der Waals surface area contributed by atoms with E-state index in [0.717, 1.165) is 31.3 Å². The van der Waals surface area contributed by atoms with Gasteiger partial charge in [0.15, 0.2) is 5.82 Å². The lowest BCUT2D eigenvalue weighted by Crippen LogP contribution is -2.27. The molecule has 2 atom stereocenters. The Hall–Kier alpha value is -0.970. The summed E-state index contributed by atoms with van der Waals surface area (Å²) in [6.07, 6.45) is 7.59. The minimum absolute atomic E-state index is 0.511. The normalized spacial score (nSPS) is 24.3. The van der Waals surface area contributed by atoms with Gasteiger partial charge in [-0.2, -0.15) is 0 Å². The largest absolute Gasteiger partial charge is 0.310 e. The molecule has 1 aromatic heterocycles. The highest BCUT2D eigenvalue weighted by Gasteiger charge is 2.27. The zero-order valence-corrected chi connectivity index (χ0v) is 11.6. The number of nitrogens with zero attached hydrogens (tertiary/aromatic N) is 4. The standard InChI is InChI=1S/C13H25N5/c1-3-9-14-10-13-15-16-17-18(13)12-8-6-5-7-11(12)4-2/h11-12,14H,3-10H2,1-2H3. The average Bonchev–Trinajstić information content (AvgIpc) is 2.87. The minimum atomic E-state index is 0.511. The molecule has 102 valence electrons. The van der Waals surface area contributed by atoms with Gasteiger partial charge in [-0.1, -0.05) is 33.1 Å². The number of aromatic nitrogens is 4. The fraction of sp³-hybridized carbons (Fsp3) is 0.923. The Morgan fingerprint density at radius 3 is 2.89 bits per heavy atom. The van der Waals surface area contributed by atoms with E-state index in [1.165, 1.54) is 32.1 Å². The predicted octanol–water partition coefficient (Wildman–Crippen LogP) is 2.31. The molecule has 0 radical (unpaired) electrons. The van der Waals surface area contributed by atoms with E-state index in [4.69, 9.17) is 0 Å². The van der Waals surface area contributed by atoms with Crippen molar-refractivity contribution in [3.05, 3.63) is 5.82 Å². The number of tetrazole rings is 1. The van der Waals surface area contributed by atoms with Gasteiger partial charge in [-0.25, -0.2) is 4.68 Å². The molecule has 1 aliphatic carbocycles. The van der Waals surface area contributed by atoms with E-state index in [9.17, 15) is 0 Å². The fourth-order valence-electron chi connectivity index (χ4n) is 2.95. The quantitative estimate of drug-likeness (QED) is 0.788. The number of hydrogen-bond acceptors (Lipinski definition) is 4. The Balaban J connectivity index is 2.04. The van der Waals surface area contributed by atoms with Crippen LogP contribution in [0, 0.1) is 5.92 Å². The van der Waals surface area contributed by atoms with Crippen LogP contribution in [0.15, 0.2) is 0 Å². The predicted molar refractivity (Wildman–Crippen MR) is 71.1 cm³/mol. The summed E-state index contributed by atoms with van der Waals surface area (Å²) in [4.78, 5) is 0. The summed E-state index contributed by atoms with van der Waals surface area (Å²) in [5, 5.41) is 15.7. The Morgan fingerprint density at radius 1 is 1.28 bits per heavy atom. The third-order valence-corrected chi connectivity index (χ3v) is 3.98. The Bertz CT molecular complexity index is 349. The molecule has 5 heteroatoms. The van der Waals surface area contributed by atoms with E-state index >= 15 is 0 Å². The van der Waals surface area contributed by atoms with E-state index in [1.54, 1.807) is 0 Å². The van der Waals surface area contributed by atoms with Crippen molar-refractivity contribution in [3.63, 3.8) is 0 Å². The summed E-state index contributed by atoms with van der Waals surface area (Å²) in [5.74, 6) is 1.74. The van der Waals surface area contributed by atoms with Crippen LogP contribution in [0.5, 0.6) is 0 Å². The van der Waals surface area contributed by atoms with E-state index < -0.39 is 0 Å². The monoisotopic (exact) mass is 251 g/mol. The van der Waals surface area contributed by atoms with Gasteiger partial charge in [-0.15, -0.1) is 5.10 Å². The van der Waals surface area contributed by atoms with Gasteiger partial charge in [0.25, 0.3) is 0 Å². The molecule has 18 heavy (non-hydrogen) atoms. The molecule has 1 saturated carbocycles. The first kappa shape index (κ1) is 13.5. The third-order valence-electron chi connectivity index (χ3n) is 3.98. The first-order valence-corrected chi connectivity index (χ1v) is 7.34. The highest BCUT2D eigenvalue weighted by atomic mass is 15.6. The van der Waals surface area contributed by atoms with Crippen LogP contribution in [0.3, 0.4) is 0 Å². The van der Waals surface area contributed by atoms with Crippen LogP contribution in [0.2, 0.25) is 0 Å². The maximum atomic E-state index is 4.23. The fourth-order valence-corrected chi connectivity index (χ4v) is 2.95. The van der Waals surface area contributed by atoms with Crippen LogP contribution in [0.4, 0.5) is 0 Å². The van der Waals surface area contributed by atoms with Crippen molar-refractivity contribution < 1.29 is 0 Å². The highest BCUT2D eigenvalue weighted by molar-refractivity contribution is 4.88. The van der Waals surface area contributed by atoms with Crippen molar-refractivity contribution in [1.29, 1.82) is 0 Å². The molecule has 0 amide bonds. The first-order valence-electron chi connectivity index (χ1n) is 7.34. The summed E-state index contributed by atoms with van der Waals surface area (Å²) in [5.41, 5.74) is 0. The second-order valence-electron chi connectivity index (χ2n) is 5.24. The topological polar surface area (TPSA) is 55.6 Å². The van der Waals surface area contributed by atoms with Gasteiger partial charge < -0.3 is 5.32 Å². The van der Waals surface area contributed by atoms with Crippen molar-refractivity contribution in [2.45, 2.75) is 65.0 Å². The molecule has 0 aliphatic heterocycles. The molecule has 1 fully saturated rings. The van der Waals surface area contributed by atoms with Gasteiger partial charge in [-0.3, -0.25) is 0 Å². The van der Waals surface area contributed by atoms with Crippen LogP contribution in [-0.2, 0) is 6.54 Å². The summed E-state index contributed by atoms with van der Waals surface area (Å²) in [6, 6.07) is 0.511. The van der Waals surface area contributed by atoms with Crippen molar-refractivity contribution in [2.75, 3.05) is 6.54 Å². The molecule has 5 nitrogen and oxygen atoms in total. The Morgan fingerprint density at radius 2 is 2.11 bits per heavy atom. The molecule has 0 bridgehead atoms. The molecule has 0 aromatic carbocycles. The van der Waals surface area contributed by atoms with Gasteiger partial charge in [0.1, 0.15) is 0 Å². The van der Waals surface area contributed by atoms with E-state index in [2.05, 4.69) is 39.4 Å². The summed E-state index contributed by atoms with van der Waals surface area (Å²) in [7, 11) is 0. The van der Waals surface area contributed by atoms with Crippen molar-refractivity contribution in [2.24, 2.45) is 5.92 Å². The summed E-state index contributed by atoms with van der Waals surface area (Å²) in [6.45, 7) is 6.26. The second-order valence-corrected chi connectivity index (χ2v) is 5.24. The SMILES string of the molecule is CCCNCc1nnnn1C1CCCCC1CC. The van der Waals surface area contributed by atoms with E-state index in [0.29, 0.717) is 6.04 Å². The molecular weight excluding hydrogens is 226 g/mol. The minimum Gasteiger partial charge on any atom is -0.310 e. The lowest BCUT2D eigenvalue weighted by molar-refractivity contribution is 0.209. The van der Waals surface area contributed by atoms with Crippen LogP contribution < -0.4 is 5.32 Å². The third kappa shape index (κ3) is 3.07. The molecule has 1 heterocycles. The maximum Gasteiger partial charge on any atom is 0.165 e. The molecule has 1 N–H and O–H groups in total. The van der Waals surface area contributed by atoms with Crippen LogP contribution in [0.25, 0.3) is 0 Å². The molecule has 2 rings (SSSR count). The van der Waals surface area contributed by atoms with Gasteiger partial charge >= 0.3 is 0 Å². The number of rotatable bonds is 6. The lowest BCUT2D eigenvalue weighted by atomic mass is 9.83. The number of nitrogens with one attached hydrogen (secondary N) is 1. The van der Waals surface area contributed by atoms with E-state index in [-0.39, 0.29) is 0 Å². The molecule has 0 saturated heterocycles.